The van der Waals surface area contributed by atoms with Gasteiger partial charge in [0.05, 0.1) is 24.2 Å². The zero-order valence-electron chi connectivity index (χ0n) is 17.3. The van der Waals surface area contributed by atoms with Gasteiger partial charge in [0.15, 0.2) is 0 Å². The molecule has 6 nitrogen and oxygen atoms in total. The van der Waals surface area contributed by atoms with Crippen LogP contribution in [-0.2, 0) is 20.5 Å². The summed E-state index contributed by atoms with van der Waals surface area (Å²) >= 11 is 0. The number of hydrogen-bond acceptors (Lipinski definition) is 5. The molecule has 1 amide bonds. The van der Waals surface area contributed by atoms with E-state index < -0.39 is 11.7 Å². The molecule has 9 heteroatoms. The lowest BCUT2D eigenvalue weighted by Gasteiger charge is -2.34. The molecule has 2 N–H and O–H groups in total. The highest BCUT2D eigenvalue weighted by atomic mass is 19.4. The first-order valence-corrected chi connectivity index (χ1v) is 10.2. The normalized spacial score (nSPS) is 17.8. The number of rotatable bonds is 4. The van der Waals surface area contributed by atoms with E-state index in [-0.39, 0.29) is 29.2 Å². The smallest absolute Gasteiger partial charge is 0.418 e. The van der Waals surface area contributed by atoms with Crippen molar-refractivity contribution in [1.29, 1.82) is 0 Å². The number of carbonyl (C=O) groups excluding carboxylic acids is 2. The van der Waals surface area contributed by atoms with E-state index >= 15 is 0 Å². The molecule has 0 saturated carbocycles. The van der Waals surface area contributed by atoms with Gasteiger partial charge >= 0.3 is 12.1 Å². The number of amides is 1. The molecule has 1 fully saturated rings. The molecule has 1 saturated heterocycles. The molecule has 0 atom stereocenters. The number of benzene rings is 2. The number of nitrogens with one attached hydrogen (secondary N) is 2. The zero-order chi connectivity index (χ0) is 22.9. The Labute approximate surface area is 183 Å². The van der Waals surface area contributed by atoms with Gasteiger partial charge in [-0.25, -0.2) is 0 Å². The number of ether oxygens (including phenoxy) is 1. The highest BCUT2D eigenvalue weighted by molar-refractivity contribution is 6.31. The van der Waals surface area contributed by atoms with Crippen LogP contribution in [-0.4, -0.2) is 32.1 Å². The minimum Gasteiger partial charge on any atom is -0.469 e. The first kappa shape index (κ1) is 21.7. The topological polar surface area (TPSA) is 70.7 Å². The van der Waals surface area contributed by atoms with Crippen molar-refractivity contribution in [3.8, 4) is 0 Å². The minimum absolute atomic E-state index is 0.0722. The van der Waals surface area contributed by atoms with Crippen LogP contribution in [0.5, 0.6) is 0 Å². The lowest BCUT2D eigenvalue weighted by molar-refractivity contribution is -0.146. The second-order valence-corrected chi connectivity index (χ2v) is 7.72. The summed E-state index contributed by atoms with van der Waals surface area (Å²) in [6, 6.07) is 11.1. The van der Waals surface area contributed by atoms with Gasteiger partial charge in [0, 0.05) is 41.9 Å². The van der Waals surface area contributed by atoms with Crippen LogP contribution in [0.2, 0.25) is 0 Å². The van der Waals surface area contributed by atoms with E-state index in [1.165, 1.54) is 19.4 Å². The van der Waals surface area contributed by atoms with Crippen molar-refractivity contribution < 1.29 is 27.5 Å². The van der Waals surface area contributed by atoms with Crippen molar-refractivity contribution in [3.05, 3.63) is 59.8 Å². The molecule has 32 heavy (non-hydrogen) atoms. The quantitative estimate of drug-likeness (QED) is 0.536. The average molecular weight is 445 g/mol. The monoisotopic (exact) mass is 445 g/mol. The molecule has 2 aromatic rings. The van der Waals surface area contributed by atoms with Crippen molar-refractivity contribution in [2.75, 3.05) is 35.7 Å². The number of halogens is 3. The number of para-hydroxylation sites is 1. The van der Waals surface area contributed by atoms with Gasteiger partial charge < -0.3 is 20.3 Å². The molecule has 168 valence electrons. The van der Waals surface area contributed by atoms with E-state index in [0.29, 0.717) is 42.8 Å². The fourth-order valence-corrected chi connectivity index (χ4v) is 4.09. The van der Waals surface area contributed by atoms with Gasteiger partial charge in [0.1, 0.15) is 0 Å². The molecule has 0 unspecified atom stereocenters. The fraction of sp³-hybridized carbons (Fsp3) is 0.304. The van der Waals surface area contributed by atoms with Gasteiger partial charge in [0.2, 0.25) is 0 Å². The molecule has 0 spiro atoms. The molecular formula is C23H22F3N3O3. The van der Waals surface area contributed by atoms with Crippen molar-refractivity contribution in [2.45, 2.75) is 19.0 Å². The Kier molecular flexibility index (Phi) is 5.82. The predicted octanol–water partition coefficient (Wildman–Crippen LogP) is 4.50. The number of hydrogen-bond donors (Lipinski definition) is 2. The molecular weight excluding hydrogens is 423 g/mol. The van der Waals surface area contributed by atoms with Crippen LogP contribution in [0.1, 0.15) is 24.0 Å². The van der Waals surface area contributed by atoms with Crippen molar-refractivity contribution >= 4 is 34.5 Å². The van der Waals surface area contributed by atoms with Crippen molar-refractivity contribution in [3.63, 3.8) is 0 Å². The number of anilines is 3. The van der Waals surface area contributed by atoms with Crippen LogP contribution in [0, 0.1) is 5.92 Å². The maximum absolute atomic E-state index is 13.8. The van der Waals surface area contributed by atoms with Crippen LogP contribution < -0.4 is 15.5 Å². The second kappa shape index (κ2) is 8.57. The van der Waals surface area contributed by atoms with E-state index in [0.717, 1.165) is 6.07 Å². The first-order chi connectivity index (χ1) is 15.3. The van der Waals surface area contributed by atoms with Crippen LogP contribution >= 0.6 is 0 Å². The second-order valence-electron chi connectivity index (χ2n) is 7.72. The van der Waals surface area contributed by atoms with Crippen LogP contribution in [0.3, 0.4) is 0 Å². The fourth-order valence-electron chi connectivity index (χ4n) is 4.09. The predicted molar refractivity (Wildman–Crippen MR) is 115 cm³/mol. The summed E-state index contributed by atoms with van der Waals surface area (Å²) in [7, 11) is 1.31. The summed E-state index contributed by atoms with van der Waals surface area (Å²) in [5, 5.41) is 5.55. The SMILES string of the molecule is COC(=O)C1CCN(c2ccc(NC=C3C(=O)Nc4ccccc43)cc2C(F)(F)F)CC1. The highest BCUT2D eigenvalue weighted by Gasteiger charge is 2.36. The molecule has 0 radical (unpaired) electrons. The molecule has 0 aliphatic carbocycles. The number of alkyl halides is 3. The summed E-state index contributed by atoms with van der Waals surface area (Å²) < 4.78 is 46.2. The Hall–Kier alpha value is -3.49. The Bertz CT molecular complexity index is 1070. The molecule has 4 rings (SSSR count). The van der Waals surface area contributed by atoms with E-state index in [2.05, 4.69) is 10.6 Å². The Morgan fingerprint density at radius 2 is 1.91 bits per heavy atom. The van der Waals surface area contributed by atoms with Gasteiger partial charge in [-0.1, -0.05) is 18.2 Å². The lowest BCUT2D eigenvalue weighted by Crippen LogP contribution is -2.37. The lowest BCUT2D eigenvalue weighted by atomic mass is 9.96. The number of carbonyl (C=O) groups is 2. The third-order valence-electron chi connectivity index (χ3n) is 5.77. The largest absolute Gasteiger partial charge is 0.469 e. The summed E-state index contributed by atoms with van der Waals surface area (Å²) in [5.41, 5.74) is 1.22. The van der Waals surface area contributed by atoms with Crippen molar-refractivity contribution in [2.24, 2.45) is 5.92 Å². The summed E-state index contributed by atoms with van der Waals surface area (Å²) in [6.45, 7) is 0.660. The van der Waals surface area contributed by atoms with Gasteiger partial charge in [-0.3, -0.25) is 9.59 Å². The van der Waals surface area contributed by atoms with E-state index in [4.69, 9.17) is 4.74 Å². The standard InChI is InChI=1S/C23H22F3N3O3/c1-32-22(31)14-8-10-29(11-9-14)20-7-6-15(12-18(20)23(24,25)26)27-13-17-16-4-2-3-5-19(16)28-21(17)30/h2-7,12-14,27H,8-11H2,1H3,(H,28,30). The van der Waals surface area contributed by atoms with Crippen LogP contribution in [0.15, 0.2) is 48.7 Å². The molecule has 2 aliphatic rings. The Morgan fingerprint density at radius 1 is 1.19 bits per heavy atom. The maximum Gasteiger partial charge on any atom is 0.418 e. The summed E-state index contributed by atoms with van der Waals surface area (Å²) in [4.78, 5) is 25.5. The first-order valence-electron chi connectivity index (χ1n) is 10.2. The molecule has 2 aromatic carbocycles. The number of nitrogens with zero attached hydrogens (tertiary/aromatic N) is 1. The van der Waals surface area contributed by atoms with Gasteiger partial charge in [-0.05, 0) is 37.1 Å². The van der Waals surface area contributed by atoms with Gasteiger partial charge in [-0.2, -0.15) is 13.2 Å². The van der Waals surface area contributed by atoms with E-state index in [1.807, 2.05) is 0 Å². The molecule has 0 bridgehead atoms. The van der Waals surface area contributed by atoms with Gasteiger partial charge in [-0.15, -0.1) is 0 Å². The number of piperidine rings is 1. The third kappa shape index (κ3) is 4.28. The highest BCUT2D eigenvalue weighted by Crippen LogP contribution is 2.40. The molecule has 2 aliphatic heterocycles. The van der Waals surface area contributed by atoms with Crippen LogP contribution in [0.4, 0.5) is 30.2 Å². The minimum atomic E-state index is -4.56. The van der Waals surface area contributed by atoms with E-state index in [9.17, 15) is 22.8 Å². The Morgan fingerprint density at radius 3 is 2.59 bits per heavy atom. The average Bonchev–Trinajstić information content (AvgIpc) is 3.11. The van der Waals surface area contributed by atoms with Gasteiger partial charge in [0.25, 0.3) is 5.91 Å². The summed E-state index contributed by atoms with van der Waals surface area (Å²) in [6.07, 6.45) is -2.27. The van der Waals surface area contributed by atoms with E-state index in [1.54, 1.807) is 35.2 Å². The number of esters is 1. The van der Waals surface area contributed by atoms with Crippen LogP contribution in [0.25, 0.3) is 5.57 Å². The molecule has 0 aromatic heterocycles. The zero-order valence-corrected chi connectivity index (χ0v) is 17.3. The Balaban J connectivity index is 1.56. The molecule has 2 heterocycles. The van der Waals surface area contributed by atoms with Crippen molar-refractivity contribution in [1.82, 2.24) is 0 Å². The summed E-state index contributed by atoms with van der Waals surface area (Å²) in [5.74, 6) is -0.941. The number of methoxy groups -OCH3 is 1. The third-order valence-corrected chi connectivity index (χ3v) is 5.77. The number of fused-ring (bicyclic) bond motifs is 1. The maximum atomic E-state index is 13.8.